The number of rotatable bonds is 16. The third kappa shape index (κ3) is 9.16. The number of benzene rings is 2. The van der Waals surface area contributed by atoms with Crippen LogP contribution in [0.1, 0.15) is 64.0 Å². The lowest BCUT2D eigenvalue weighted by molar-refractivity contribution is 0.0975. The normalized spacial score (nSPS) is 12.8. The molecule has 0 aliphatic carbocycles. The standard InChI is InChI=1S/C27H42O2Si/c1-4-30(5-2,6-3)29-27(21-14-13-18-25-16-9-7-10-17-25)22-15-23-28-24-26-19-11-8-12-20-26/h7-12,16-17,19-20,27H,4-6,13-15,18,21-24H2,1-3H3. The molecule has 30 heavy (non-hydrogen) atoms. The first-order valence-electron chi connectivity index (χ1n) is 12.0. The smallest absolute Gasteiger partial charge is 0.192 e. The highest BCUT2D eigenvalue weighted by atomic mass is 28.4. The van der Waals surface area contributed by atoms with Crippen molar-refractivity contribution < 1.29 is 9.16 Å². The zero-order valence-electron chi connectivity index (χ0n) is 19.4. The van der Waals surface area contributed by atoms with Crippen LogP contribution < -0.4 is 0 Å². The van der Waals surface area contributed by atoms with Crippen LogP contribution in [0.15, 0.2) is 60.7 Å². The number of unbranched alkanes of at least 4 members (excludes halogenated alkanes) is 1. The molecule has 0 aromatic heterocycles. The molecule has 0 aliphatic rings. The number of aryl methyl sites for hydroxylation is 1. The van der Waals surface area contributed by atoms with Crippen LogP contribution in [0, 0.1) is 0 Å². The Kier molecular flexibility index (Phi) is 12.1. The molecule has 2 aromatic carbocycles. The average Bonchev–Trinajstić information content (AvgIpc) is 2.81. The molecule has 1 atom stereocenters. The summed E-state index contributed by atoms with van der Waals surface area (Å²) in [6.07, 6.45) is 7.44. The molecule has 0 aliphatic heterocycles. The molecule has 3 heteroatoms. The molecule has 0 heterocycles. The molecular weight excluding hydrogens is 384 g/mol. The van der Waals surface area contributed by atoms with Gasteiger partial charge in [-0.05, 0) is 61.4 Å². The first-order valence-corrected chi connectivity index (χ1v) is 14.6. The Morgan fingerprint density at radius 3 is 1.87 bits per heavy atom. The topological polar surface area (TPSA) is 18.5 Å². The van der Waals surface area contributed by atoms with Gasteiger partial charge in [-0.15, -0.1) is 0 Å². The third-order valence-corrected chi connectivity index (χ3v) is 11.1. The molecule has 2 aromatic rings. The van der Waals surface area contributed by atoms with E-state index < -0.39 is 8.32 Å². The van der Waals surface area contributed by atoms with Gasteiger partial charge in [-0.1, -0.05) is 87.9 Å². The summed E-state index contributed by atoms with van der Waals surface area (Å²) in [5, 5.41) is 0. The molecule has 0 spiro atoms. The predicted octanol–water partition coefficient (Wildman–Crippen LogP) is 7.79. The molecule has 0 bridgehead atoms. The van der Waals surface area contributed by atoms with Crippen LogP contribution in [-0.2, 0) is 22.2 Å². The minimum atomic E-state index is -1.57. The Hall–Kier alpha value is -1.42. The highest BCUT2D eigenvalue weighted by molar-refractivity contribution is 6.73. The summed E-state index contributed by atoms with van der Waals surface area (Å²) in [5.74, 6) is 0. The number of hydrogen-bond donors (Lipinski definition) is 0. The molecular formula is C27H42O2Si. The summed E-state index contributed by atoms with van der Waals surface area (Å²) >= 11 is 0. The summed E-state index contributed by atoms with van der Waals surface area (Å²) in [4.78, 5) is 0. The van der Waals surface area contributed by atoms with Crippen molar-refractivity contribution in [3.63, 3.8) is 0 Å². The van der Waals surface area contributed by atoms with E-state index in [-0.39, 0.29) is 0 Å². The minimum absolute atomic E-state index is 0.396. The van der Waals surface area contributed by atoms with Gasteiger partial charge in [0.2, 0.25) is 0 Å². The lowest BCUT2D eigenvalue weighted by Crippen LogP contribution is -2.40. The van der Waals surface area contributed by atoms with E-state index in [9.17, 15) is 0 Å². The molecule has 2 rings (SSSR count). The molecule has 0 N–H and O–H groups in total. The van der Waals surface area contributed by atoms with Gasteiger partial charge >= 0.3 is 0 Å². The first-order chi connectivity index (χ1) is 14.7. The minimum Gasteiger partial charge on any atom is -0.414 e. The van der Waals surface area contributed by atoms with Gasteiger partial charge in [-0.3, -0.25) is 0 Å². The van der Waals surface area contributed by atoms with Gasteiger partial charge in [0, 0.05) is 12.7 Å². The second kappa shape index (κ2) is 14.6. The van der Waals surface area contributed by atoms with Crippen molar-refractivity contribution >= 4 is 8.32 Å². The molecule has 166 valence electrons. The molecule has 0 fully saturated rings. The van der Waals surface area contributed by atoms with E-state index in [1.165, 1.54) is 54.9 Å². The predicted molar refractivity (Wildman–Crippen MR) is 131 cm³/mol. The summed E-state index contributed by atoms with van der Waals surface area (Å²) in [6, 6.07) is 25.0. The average molecular weight is 427 g/mol. The molecule has 2 nitrogen and oxygen atoms in total. The second-order valence-corrected chi connectivity index (χ2v) is 13.1. The Morgan fingerprint density at radius 1 is 0.700 bits per heavy atom. The van der Waals surface area contributed by atoms with Crippen molar-refractivity contribution in [1.82, 2.24) is 0 Å². The van der Waals surface area contributed by atoms with Crippen LogP contribution in [-0.4, -0.2) is 21.0 Å². The van der Waals surface area contributed by atoms with Crippen LogP contribution in [0.2, 0.25) is 18.1 Å². The maximum Gasteiger partial charge on any atom is 0.192 e. The van der Waals surface area contributed by atoms with E-state index in [1.54, 1.807) is 0 Å². The monoisotopic (exact) mass is 426 g/mol. The van der Waals surface area contributed by atoms with E-state index in [0.717, 1.165) is 19.4 Å². The fourth-order valence-corrected chi connectivity index (χ4v) is 7.08. The van der Waals surface area contributed by atoms with E-state index in [2.05, 4.69) is 81.4 Å². The SMILES string of the molecule is CC[Si](CC)(CC)OC(CCCCc1ccccc1)CCCOCc1ccccc1. The van der Waals surface area contributed by atoms with Crippen molar-refractivity contribution in [2.75, 3.05) is 6.61 Å². The van der Waals surface area contributed by atoms with Crippen molar-refractivity contribution in [1.29, 1.82) is 0 Å². The summed E-state index contributed by atoms with van der Waals surface area (Å²) in [6.45, 7) is 8.51. The quantitative estimate of drug-likeness (QED) is 0.201. The summed E-state index contributed by atoms with van der Waals surface area (Å²) in [7, 11) is -1.57. The van der Waals surface area contributed by atoms with Crippen LogP contribution in [0.25, 0.3) is 0 Å². The van der Waals surface area contributed by atoms with E-state index >= 15 is 0 Å². The largest absolute Gasteiger partial charge is 0.414 e. The Morgan fingerprint density at radius 2 is 1.27 bits per heavy atom. The van der Waals surface area contributed by atoms with Crippen molar-refractivity contribution in [2.24, 2.45) is 0 Å². The Labute approximate surface area is 186 Å². The highest BCUT2D eigenvalue weighted by Crippen LogP contribution is 2.27. The first kappa shape index (κ1) is 24.8. The van der Waals surface area contributed by atoms with Crippen molar-refractivity contribution in [3.8, 4) is 0 Å². The van der Waals surface area contributed by atoms with Gasteiger partial charge < -0.3 is 9.16 Å². The zero-order chi connectivity index (χ0) is 21.5. The molecule has 0 radical (unpaired) electrons. The van der Waals surface area contributed by atoms with Gasteiger partial charge in [-0.2, -0.15) is 0 Å². The maximum atomic E-state index is 6.89. The Bertz CT molecular complexity index is 647. The zero-order valence-corrected chi connectivity index (χ0v) is 20.4. The lowest BCUT2D eigenvalue weighted by atomic mass is 10.0. The lowest BCUT2D eigenvalue weighted by Gasteiger charge is -2.33. The van der Waals surface area contributed by atoms with Crippen LogP contribution >= 0.6 is 0 Å². The maximum absolute atomic E-state index is 6.89. The Balaban J connectivity index is 1.77. The highest BCUT2D eigenvalue weighted by Gasteiger charge is 2.31. The van der Waals surface area contributed by atoms with Crippen LogP contribution in [0.3, 0.4) is 0 Å². The molecule has 0 saturated carbocycles. The van der Waals surface area contributed by atoms with E-state index in [4.69, 9.17) is 9.16 Å². The van der Waals surface area contributed by atoms with Crippen molar-refractivity contribution in [2.45, 2.75) is 90.1 Å². The van der Waals surface area contributed by atoms with Crippen molar-refractivity contribution in [3.05, 3.63) is 71.8 Å². The van der Waals surface area contributed by atoms with Crippen LogP contribution in [0.5, 0.6) is 0 Å². The van der Waals surface area contributed by atoms with Gasteiger partial charge in [0.05, 0.1) is 6.61 Å². The summed E-state index contributed by atoms with van der Waals surface area (Å²) in [5.41, 5.74) is 2.70. The number of ether oxygens (including phenoxy) is 1. The fraction of sp³-hybridized carbons (Fsp3) is 0.556. The second-order valence-electron chi connectivity index (χ2n) is 8.40. The molecule has 0 saturated heterocycles. The fourth-order valence-electron chi connectivity index (χ4n) is 4.14. The van der Waals surface area contributed by atoms with Gasteiger partial charge in [0.15, 0.2) is 8.32 Å². The number of hydrogen-bond acceptors (Lipinski definition) is 2. The van der Waals surface area contributed by atoms with E-state index in [0.29, 0.717) is 12.7 Å². The summed E-state index contributed by atoms with van der Waals surface area (Å²) < 4.78 is 12.8. The molecule has 1 unspecified atom stereocenters. The van der Waals surface area contributed by atoms with Gasteiger partial charge in [0.1, 0.15) is 0 Å². The van der Waals surface area contributed by atoms with Crippen LogP contribution in [0.4, 0.5) is 0 Å². The third-order valence-electron chi connectivity index (χ3n) is 6.36. The van der Waals surface area contributed by atoms with Gasteiger partial charge in [-0.25, -0.2) is 0 Å². The van der Waals surface area contributed by atoms with Gasteiger partial charge in [0.25, 0.3) is 0 Å². The molecule has 0 amide bonds. The van der Waals surface area contributed by atoms with E-state index in [1.807, 2.05) is 0 Å².